The molecule has 5 rings (SSSR count). The van der Waals surface area contributed by atoms with Crippen molar-refractivity contribution in [3.63, 3.8) is 0 Å². The van der Waals surface area contributed by atoms with Crippen molar-refractivity contribution in [3.8, 4) is 0 Å². The van der Waals surface area contributed by atoms with Gasteiger partial charge < -0.3 is 9.84 Å². The zero-order valence-electron chi connectivity index (χ0n) is 18.0. The normalized spacial score (nSPS) is 31.5. The van der Waals surface area contributed by atoms with Gasteiger partial charge in [-0.25, -0.2) is 4.39 Å². The van der Waals surface area contributed by atoms with E-state index in [1.807, 2.05) is 27.7 Å². The maximum atomic E-state index is 13.7. The lowest BCUT2D eigenvalue weighted by molar-refractivity contribution is -0.145. The molecule has 0 saturated carbocycles. The van der Waals surface area contributed by atoms with Crippen LogP contribution in [0, 0.1) is 44.3 Å². The number of halogens is 1. The smallest absolute Gasteiger partial charge is 0.309 e. The number of carboxylic acids is 1. The zero-order valence-corrected chi connectivity index (χ0v) is 18.0. The SMILES string of the molecule is CC1=C(c2c(C)cc(C)cc2C)C(=O)[C@H]2C3OC(C(c4ccc(F)cc4)C3C(=O)O)[C@@H]12. The highest BCUT2D eigenvalue weighted by atomic mass is 19.1. The number of aliphatic carboxylic acids is 1. The largest absolute Gasteiger partial charge is 0.481 e. The molecule has 1 N–H and O–H groups in total. The van der Waals surface area contributed by atoms with Gasteiger partial charge in [-0.2, -0.15) is 0 Å². The highest BCUT2D eigenvalue weighted by Gasteiger charge is 2.67. The van der Waals surface area contributed by atoms with Crippen molar-refractivity contribution in [2.75, 3.05) is 0 Å². The number of fused-ring (bicyclic) bond motifs is 5. The molecule has 0 spiro atoms. The van der Waals surface area contributed by atoms with Crippen LogP contribution in [0.15, 0.2) is 42.0 Å². The first kappa shape index (κ1) is 20.1. The molecular weight excluding hydrogens is 395 g/mol. The third-order valence-electron chi connectivity index (χ3n) is 7.41. The van der Waals surface area contributed by atoms with Crippen molar-refractivity contribution in [1.82, 2.24) is 0 Å². The van der Waals surface area contributed by atoms with Gasteiger partial charge in [0.25, 0.3) is 0 Å². The highest BCUT2D eigenvalue weighted by molar-refractivity contribution is 6.26. The number of carbonyl (C=O) groups excluding carboxylic acids is 1. The summed E-state index contributed by atoms with van der Waals surface area (Å²) in [7, 11) is 0. The number of Topliss-reactive ketones (excluding diaryl/α,β-unsaturated/α-hetero) is 1. The van der Waals surface area contributed by atoms with E-state index in [0.717, 1.165) is 39.0 Å². The van der Waals surface area contributed by atoms with E-state index in [0.29, 0.717) is 0 Å². The van der Waals surface area contributed by atoms with E-state index >= 15 is 0 Å². The van der Waals surface area contributed by atoms with Crippen LogP contribution < -0.4 is 0 Å². The maximum absolute atomic E-state index is 13.7. The zero-order chi connectivity index (χ0) is 22.2. The molecule has 4 unspecified atom stereocenters. The van der Waals surface area contributed by atoms with E-state index in [-0.39, 0.29) is 17.5 Å². The number of ether oxygens (including phenoxy) is 1. The van der Waals surface area contributed by atoms with Crippen LogP contribution in [0.3, 0.4) is 0 Å². The molecule has 0 aromatic heterocycles. The minimum Gasteiger partial charge on any atom is -0.481 e. The van der Waals surface area contributed by atoms with Gasteiger partial charge >= 0.3 is 5.97 Å². The molecule has 0 amide bonds. The summed E-state index contributed by atoms with van der Waals surface area (Å²) in [5, 5.41) is 10.0. The van der Waals surface area contributed by atoms with E-state index in [4.69, 9.17) is 4.74 Å². The monoisotopic (exact) mass is 420 g/mol. The molecule has 3 aliphatic rings. The Kier molecular flexibility index (Phi) is 4.45. The summed E-state index contributed by atoms with van der Waals surface area (Å²) in [5.74, 6) is -3.20. The molecule has 31 heavy (non-hydrogen) atoms. The number of hydrogen-bond donors (Lipinski definition) is 1. The van der Waals surface area contributed by atoms with E-state index in [2.05, 4.69) is 12.1 Å². The summed E-state index contributed by atoms with van der Waals surface area (Å²) in [4.78, 5) is 25.9. The molecule has 2 fully saturated rings. The number of aryl methyl sites for hydroxylation is 3. The molecular formula is C26H25FO4. The van der Waals surface area contributed by atoms with Gasteiger partial charge in [-0.1, -0.05) is 35.4 Å². The van der Waals surface area contributed by atoms with Crippen molar-refractivity contribution < 1.29 is 23.8 Å². The number of carboxylic acid groups (broad SMARTS) is 1. The predicted octanol–water partition coefficient (Wildman–Crippen LogP) is 4.61. The quantitative estimate of drug-likeness (QED) is 0.788. The number of hydrogen-bond acceptors (Lipinski definition) is 3. The van der Waals surface area contributed by atoms with Crippen LogP contribution >= 0.6 is 0 Å². The molecule has 2 aromatic rings. The Hall–Kier alpha value is -2.79. The van der Waals surface area contributed by atoms with Crippen LogP contribution in [-0.2, 0) is 14.3 Å². The molecule has 2 aromatic carbocycles. The summed E-state index contributed by atoms with van der Waals surface area (Å²) >= 11 is 0. The molecule has 4 nitrogen and oxygen atoms in total. The fraction of sp³-hybridized carbons (Fsp3) is 0.385. The lowest BCUT2D eigenvalue weighted by atomic mass is 9.66. The van der Waals surface area contributed by atoms with Crippen LogP contribution in [0.2, 0.25) is 0 Å². The van der Waals surface area contributed by atoms with Gasteiger partial charge in [0.15, 0.2) is 5.78 Å². The predicted molar refractivity (Wildman–Crippen MR) is 114 cm³/mol. The van der Waals surface area contributed by atoms with Crippen LogP contribution in [0.1, 0.15) is 40.7 Å². The lowest BCUT2D eigenvalue weighted by Crippen LogP contribution is -2.43. The van der Waals surface area contributed by atoms with E-state index in [1.54, 1.807) is 12.1 Å². The molecule has 160 valence electrons. The topological polar surface area (TPSA) is 63.6 Å². The van der Waals surface area contributed by atoms with Gasteiger partial charge in [-0.15, -0.1) is 0 Å². The molecule has 5 heteroatoms. The number of rotatable bonds is 3. The summed E-state index contributed by atoms with van der Waals surface area (Å²) in [6.45, 7) is 8.06. The van der Waals surface area contributed by atoms with Gasteiger partial charge in [0.1, 0.15) is 5.82 Å². The minimum absolute atomic E-state index is 0.00569. The Morgan fingerprint density at radius 1 is 0.935 bits per heavy atom. The second kappa shape index (κ2) is 6.86. The average Bonchev–Trinajstić information content (AvgIpc) is 3.33. The fourth-order valence-corrected chi connectivity index (χ4v) is 6.41. The average molecular weight is 420 g/mol. The summed E-state index contributed by atoms with van der Waals surface area (Å²) in [6, 6.07) is 10.1. The summed E-state index contributed by atoms with van der Waals surface area (Å²) in [5.41, 5.74) is 6.67. The Morgan fingerprint density at radius 3 is 2.13 bits per heavy atom. The van der Waals surface area contributed by atoms with Crippen molar-refractivity contribution in [2.45, 2.75) is 45.8 Å². The van der Waals surface area contributed by atoms with Crippen LogP contribution in [-0.4, -0.2) is 29.1 Å². The fourth-order valence-electron chi connectivity index (χ4n) is 6.41. The molecule has 2 aliphatic heterocycles. The first-order chi connectivity index (χ1) is 14.7. The third kappa shape index (κ3) is 2.76. The lowest BCUT2D eigenvalue weighted by Gasteiger charge is -2.33. The summed E-state index contributed by atoms with van der Waals surface area (Å²) < 4.78 is 19.7. The maximum Gasteiger partial charge on any atom is 0.309 e. The van der Waals surface area contributed by atoms with E-state index in [1.165, 1.54) is 12.1 Å². The van der Waals surface area contributed by atoms with Gasteiger partial charge in [0.2, 0.25) is 0 Å². The summed E-state index contributed by atoms with van der Waals surface area (Å²) in [6.07, 6.45) is -1.08. The molecule has 2 bridgehead atoms. The van der Waals surface area contributed by atoms with Crippen molar-refractivity contribution in [3.05, 3.63) is 75.6 Å². The second-order valence-corrected chi connectivity index (χ2v) is 9.25. The number of carbonyl (C=O) groups is 2. The number of allylic oxidation sites excluding steroid dienone is 1. The van der Waals surface area contributed by atoms with Crippen molar-refractivity contribution in [2.24, 2.45) is 17.8 Å². The third-order valence-corrected chi connectivity index (χ3v) is 7.41. The van der Waals surface area contributed by atoms with E-state index in [9.17, 15) is 19.1 Å². The van der Waals surface area contributed by atoms with Crippen LogP contribution in [0.25, 0.3) is 5.57 Å². The van der Waals surface area contributed by atoms with Gasteiger partial charge in [0, 0.05) is 17.4 Å². The van der Waals surface area contributed by atoms with Gasteiger partial charge in [0.05, 0.1) is 24.0 Å². The van der Waals surface area contributed by atoms with Crippen LogP contribution in [0.4, 0.5) is 4.39 Å². The van der Waals surface area contributed by atoms with Gasteiger partial charge in [-0.05, 0) is 62.1 Å². The Morgan fingerprint density at radius 2 is 1.55 bits per heavy atom. The number of ketones is 1. The minimum atomic E-state index is -0.970. The molecule has 2 heterocycles. The Labute approximate surface area is 180 Å². The first-order valence-electron chi connectivity index (χ1n) is 10.7. The molecule has 2 saturated heterocycles. The Balaban J connectivity index is 1.63. The van der Waals surface area contributed by atoms with Crippen LogP contribution in [0.5, 0.6) is 0 Å². The standard InChI is InChI=1S/C26H25FO4/c1-11-9-12(2)17(13(3)10-11)18-14(4)19-21(23(18)28)25-22(26(29)30)20(24(19)31-25)15-5-7-16(27)8-6-15/h5-10,19-22,24-25H,1-4H3,(H,29,30)/t19-,20?,21-,22?,24?,25?/m0/s1. The first-order valence-corrected chi connectivity index (χ1v) is 10.7. The van der Waals surface area contributed by atoms with E-state index < -0.39 is 35.9 Å². The number of benzene rings is 2. The Bertz CT molecular complexity index is 1120. The second-order valence-electron chi connectivity index (χ2n) is 9.25. The molecule has 0 radical (unpaired) electrons. The van der Waals surface area contributed by atoms with Gasteiger partial charge in [-0.3, -0.25) is 9.59 Å². The molecule has 6 atom stereocenters. The van der Waals surface area contributed by atoms with Crippen molar-refractivity contribution >= 4 is 17.3 Å². The highest BCUT2D eigenvalue weighted by Crippen LogP contribution is 2.61. The van der Waals surface area contributed by atoms with Crippen molar-refractivity contribution in [1.29, 1.82) is 0 Å². The molecule has 1 aliphatic carbocycles.